The van der Waals surface area contributed by atoms with Gasteiger partial charge in [0, 0.05) is 25.4 Å². The molecule has 0 fully saturated rings. The lowest BCUT2D eigenvalue weighted by Gasteiger charge is -2.06. The van der Waals surface area contributed by atoms with Crippen LogP contribution < -0.4 is 4.74 Å². The Kier molecular flexibility index (Phi) is 5.36. The van der Waals surface area contributed by atoms with Crippen molar-refractivity contribution in [1.29, 1.82) is 0 Å². The summed E-state index contributed by atoms with van der Waals surface area (Å²) in [6, 6.07) is 17.0. The topological polar surface area (TPSA) is 67.9 Å². The van der Waals surface area contributed by atoms with Gasteiger partial charge in [0.1, 0.15) is 5.52 Å². The molecule has 1 heterocycles. The minimum Gasteiger partial charge on any atom is -0.504 e. The molecule has 140 valence electrons. The van der Waals surface area contributed by atoms with Crippen LogP contribution in [0.1, 0.15) is 5.56 Å². The first-order valence-corrected chi connectivity index (χ1v) is 10.2. The van der Waals surface area contributed by atoms with E-state index in [1.165, 1.54) is 7.11 Å². The number of methoxy groups -OCH3 is 1. The zero-order valence-corrected chi connectivity index (χ0v) is 18.4. The maximum Gasteiger partial charge on any atom is 0.227 e. The van der Waals surface area contributed by atoms with Crippen molar-refractivity contribution >= 4 is 61.5 Å². The van der Waals surface area contributed by atoms with Crippen LogP contribution >= 0.6 is 38.5 Å². The molecule has 0 spiro atoms. The molecule has 4 rings (SSSR count). The fourth-order valence-corrected chi connectivity index (χ4v) is 3.52. The third-order valence-electron chi connectivity index (χ3n) is 4.10. The van der Waals surface area contributed by atoms with Crippen LogP contribution in [0.2, 0.25) is 0 Å². The number of aliphatic imine (C=N–C) groups is 1. The summed E-state index contributed by atoms with van der Waals surface area (Å²) in [6.07, 6.45) is 1.59. The van der Waals surface area contributed by atoms with Gasteiger partial charge in [0.05, 0.1) is 12.8 Å². The largest absolute Gasteiger partial charge is 0.504 e. The number of nitrogens with zero attached hydrogens (tertiary/aromatic N) is 2. The lowest BCUT2D eigenvalue weighted by atomic mass is 10.2. The fourth-order valence-electron chi connectivity index (χ4n) is 2.70. The van der Waals surface area contributed by atoms with E-state index in [4.69, 9.17) is 9.15 Å². The van der Waals surface area contributed by atoms with Crippen molar-refractivity contribution in [2.75, 3.05) is 7.11 Å². The van der Waals surface area contributed by atoms with E-state index in [0.717, 1.165) is 19.1 Å². The molecule has 1 aromatic heterocycles. The summed E-state index contributed by atoms with van der Waals surface area (Å²) in [4.78, 5) is 9.02. The highest BCUT2D eigenvalue weighted by molar-refractivity contribution is 14.1. The molecule has 0 unspecified atom stereocenters. The summed E-state index contributed by atoms with van der Waals surface area (Å²) in [5, 5.41) is 10.2. The second kappa shape index (κ2) is 7.92. The molecule has 0 aliphatic heterocycles. The van der Waals surface area contributed by atoms with Crippen LogP contribution in [-0.2, 0) is 0 Å². The standard InChI is InChI=1S/C21H14BrIN2O3/c1-27-19-9-14(22)8-13(20(19)26)11-24-16-6-7-18-17(10-16)25-21(28-18)12-2-4-15(23)5-3-12/h2-11,26H,1H3. The number of phenols is 1. The molecule has 0 atom stereocenters. The van der Waals surface area contributed by atoms with Gasteiger partial charge in [-0.3, -0.25) is 4.99 Å². The highest BCUT2D eigenvalue weighted by Crippen LogP contribution is 2.33. The number of phenolic OH excluding ortho intramolecular Hbond substituents is 1. The van der Waals surface area contributed by atoms with E-state index >= 15 is 0 Å². The van der Waals surface area contributed by atoms with Gasteiger partial charge >= 0.3 is 0 Å². The monoisotopic (exact) mass is 548 g/mol. The maximum atomic E-state index is 10.2. The maximum absolute atomic E-state index is 10.2. The SMILES string of the molecule is COc1cc(Br)cc(C=Nc2ccc3oc(-c4ccc(I)cc4)nc3c2)c1O. The molecular formula is C21H14BrIN2O3. The highest BCUT2D eigenvalue weighted by atomic mass is 127. The molecule has 0 bridgehead atoms. The first-order valence-electron chi connectivity index (χ1n) is 8.30. The Morgan fingerprint density at radius 2 is 1.93 bits per heavy atom. The van der Waals surface area contributed by atoms with E-state index in [2.05, 4.69) is 48.5 Å². The molecule has 1 N–H and O–H groups in total. The van der Waals surface area contributed by atoms with Crippen molar-refractivity contribution in [1.82, 2.24) is 4.98 Å². The zero-order chi connectivity index (χ0) is 19.7. The van der Waals surface area contributed by atoms with Crippen molar-refractivity contribution in [3.8, 4) is 23.0 Å². The Hall–Kier alpha value is -2.39. The van der Waals surface area contributed by atoms with Gasteiger partial charge < -0.3 is 14.3 Å². The fraction of sp³-hybridized carbons (Fsp3) is 0.0476. The van der Waals surface area contributed by atoms with E-state index in [-0.39, 0.29) is 5.75 Å². The molecule has 0 amide bonds. The number of benzene rings is 3. The number of fused-ring (bicyclic) bond motifs is 1. The van der Waals surface area contributed by atoms with Crippen LogP contribution in [0.25, 0.3) is 22.6 Å². The Labute approximate surface area is 183 Å². The van der Waals surface area contributed by atoms with Crippen molar-refractivity contribution in [3.63, 3.8) is 0 Å². The van der Waals surface area contributed by atoms with Crippen molar-refractivity contribution < 1.29 is 14.3 Å². The van der Waals surface area contributed by atoms with Gasteiger partial charge in [-0.05, 0) is 77.2 Å². The first kappa shape index (κ1) is 18.9. The van der Waals surface area contributed by atoms with Gasteiger partial charge in [-0.15, -0.1) is 0 Å². The summed E-state index contributed by atoms with van der Waals surface area (Å²) in [7, 11) is 1.51. The number of hydrogen-bond donors (Lipinski definition) is 1. The molecule has 5 nitrogen and oxygen atoms in total. The highest BCUT2D eigenvalue weighted by Gasteiger charge is 2.10. The van der Waals surface area contributed by atoms with E-state index < -0.39 is 0 Å². The second-order valence-corrected chi connectivity index (χ2v) is 8.14. The number of rotatable bonds is 4. The van der Waals surface area contributed by atoms with Crippen LogP contribution in [0.15, 0.2) is 68.5 Å². The normalized spacial score (nSPS) is 11.4. The summed E-state index contributed by atoms with van der Waals surface area (Å²) in [6.45, 7) is 0. The Morgan fingerprint density at radius 1 is 1.14 bits per heavy atom. The van der Waals surface area contributed by atoms with Gasteiger partial charge in [-0.1, -0.05) is 15.9 Å². The van der Waals surface area contributed by atoms with Crippen LogP contribution in [0.4, 0.5) is 5.69 Å². The lowest BCUT2D eigenvalue weighted by molar-refractivity contribution is 0.373. The lowest BCUT2D eigenvalue weighted by Crippen LogP contribution is -1.89. The van der Waals surface area contributed by atoms with Crippen LogP contribution in [-0.4, -0.2) is 23.4 Å². The minimum absolute atomic E-state index is 0.0398. The van der Waals surface area contributed by atoms with Crippen molar-refractivity contribution in [2.24, 2.45) is 4.99 Å². The molecular weight excluding hydrogens is 535 g/mol. The number of oxazole rings is 1. The zero-order valence-electron chi connectivity index (χ0n) is 14.7. The molecule has 0 aliphatic rings. The Balaban J connectivity index is 1.66. The van der Waals surface area contributed by atoms with Gasteiger partial charge in [0.25, 0.3) is 0 Å². The first-order chi connectivity index (χ1) is 13.5. The number of aromatic hydroxyl groups is 1. The van der Waals surface area contributed by atoms with Gasteiger partial charge in [-0.25, -0.2) is 4.98 Å². The molecule has 3 aromatic carbocycles. The van der Waals surface area contributed by atoms with Crippen molar-refractivity contribution in [2.45, 2.75) is 0 Å². The second-order valence-electron chi connectivity index (χ2n) is 5.98. The quantitative estimate of drug-likeness (QED) is 0.239. The molecule has 0 aliphatic carbocycles. The third kappa shape index (κ3) is 3.90. The average Bonchev–Trinajstić information content (AvgIpc) is 3.12. The van der Waals surface area contributed by atoms with E-state index in [1.807, 2.05) is 42.5 Å². The van der Waals surface area contributed by atoms with Crippen LogP contribution in [0.5, 0.6) is 11.5 Å². The number of aromatic nitrogens is 1. The van der Waals surface area contributed by atoms with E-state index in [1.54, 1.807) is 18.3 Å². The predicted molar refractivity (Wildman–Crippen MR) is 122 cm³/mol. The molecule has 7 heteroatoms. The van der Waals surface area contributed by atoms with Gasteiger partial charge in [-0.2, -0.15) is 0 Å². The van der Waals surface area contributed by atoms with E-state index in [0.29, 0.717) is 28.5 Å². The number of hydrogen-bond acceptors (Lipinski definition) is 5. The third-order valence-corrected chi connectivity index (χ3v) is 5.28. The Morgan fingerprint density at radius 3 is 2.68 bits per heavy atom. The number of ether oxygens (including phenoxy) is 1. The summed E-state index contributed by atoms with van der Waals surface area (Å²) < 4.78 is 13.0. The summed E-state index contributed by atoms with van der Waals surface area (Å²) >= 11 is 5.66. The molecule has 0 radical (unpaired) electrons. The average molecular weight is 549 g/mol. The van der Waals surface area contributed by atoms with E-state index in [9.17, 15) is 5.11 Å². The molecule has 28 heavy (non-hydrogen) atoms. The van der Waals surface area contributed by atoms with Gasteiger partial charge in [0.15, 0.2) is 17.1 Å². The van der Waals surface area contributed by atoms with Crippen molar-refractivity contribution in [3.05, 3.63) is 68.2 Å². The molecule has 0 saturated carbocycles. The molecule has 0 saturated heterocycles. The molecule has 4 aromatic rings. The van der Waals surface area contributed by atoms with Crippen LogP contribution in [0, 0.1) is 3.57 Å². The number of halogens is 2. The smallest absolute Gasteiger partial charge is 0.227 e. The van der Waals surface area contributed by atoms with Gasteiger partial charge in [0.2, 0.25) is 5.89 Å². The minimum atomic E-state index is 0.0398. The Bertz CT molecular complexity index is 1190. The predicted octanol–water partition coefficient (Wildman–Crippen LogP) is 6.33. The summed E-state index contributed by atoms with van der Waals surface area (Å²) in [5.74, 6) is 0.991. The van der Waals surface area contributed by atoms with Crippen LogP contribution in [0.3, 0.4) is 0 Å². The summed E-state index contributed by atoms with van der Waals surface area (Å²) in [5.41, 5.74) is 3.59.